The highest BCUT2D eigenvalue weighted by Crippen LogP contribution is 2.31. The summed E-state index contributed by atoms with van der Waals surface area (Å²) in [5.74, 6) is 1.34. The standard InChI is InChI=1S/C17H25N5O3/c1-3-13-16(22(23)24)17(20(2)19-13)18-12-14(15-8-7-11-25-15)21-9-5-4-6-10-21/h7-8,11,14,18H,3-6,9-10,12H2,1-2H3. The summed E-state index contributed by atoms with van der Waals surface area (Å²) in [6.45, 7) is 4.44. The van der Waals surface area contributed by atoms with Crippen LogP contribution in [-0.4, -0.2) is 39.2 Å². The number of rotatable bonds is 7. The van der Waals surface area contributed by atoms with Crippen molar-refractivity contribution in [3.8, 4) is 0 Å². The van der Waals surface area contributed by atoms with Gasteiger partial charge in [-0.1, -0.05) is 13.3 Å². The molecule has 3 rings (SSSR count). The van der Waals surface area contributed by atoms with Gasteiger partial charge in [0.25, 0.3) is 0 Å². The Labute approximate surface area is 146 Å². The van der Waals surface area contributed by atoms with Gasteiger partial charge in [-0.25, -0.2) is 4.68 Å². The van der Waals surface area contributed by atoms with Crippen LogP contribution in [0.15, 0.2) is 22.8 Å². The maximum absolute atomic E-state index is 11.5. The van der Waals surface area contributed by atoms with E-state index in [9.17, 15) is 10.1 Å². The summed E-state index contributed by atoms with van der Waals surface area (Å²) < 4.78 is 7.20. The summed E-state index contributed by atoms with van der Waals surface area (Å²) in [4.78, 5) is 13.5. The quantitative estimate of drug-likeness (QED) is 0.611. The van der Waals surface area contributed by atoms with E-state index in [2.05, 4.69) is 15.3 Å². The molecule has 1 fully saturated rings. The molecule has 0 aromatic carbocycles. The fourth-order valence-corrected chi connectivity index (χ4v) is 3.51. The number of aromatic nitrogens is 2. The van der Waals surface area contributed by atoms with Crippen LogP contribution in [0.5, 0.6) is 0 Å². The van der Waals surface area contributed by atoms with Crippen LogP contribution in [0.3, 0.4) is 0 Å². The SMILES string of the molecule is CCc1nn(C)c(NCC(c2ccco2)N2CCCCC2)c1[N+](=O)[O-]. The van der Waals surface area contributed by atoms with E-state index < -0.39 is 0 Å². The number of hydrogen-bond acceptors (Lipinski definition) is 6. The van der Waals surface area contributed by atoms with Gasteiger partial charge in [0.15, 0.2) is 0 Å². The van der Waals surface area contributed by atoms with Gasteiger partial charge in [-0.3, -0.25) is 15.0 Å². The predicted octanol–water partition coefficient (Wildman–Crippen LogP) is 3.12. The van der Waals surface area contributed by atoms with E-state index in [4.69, 9.17) is 4.42 Å². The number of piperidine rings is 1. The second kappa shape index (κ2) is 7.69. The number of nitro groups is 1. The van der Waals surface area contributed by atoms with E-state index in [0.29, 0.717) is 24.5 Å². The van der Waals surface area contributed by atoms with Gasteiger partial charge >= 0.3 is 5.69 Å². The van der Waals surface area contributed by atoms with Crippen molar-refractivity contribution >= 4 is 11.5 Å². The lowest BCUT2D eigenvalue weighted by molar-refractivity contribution is -0.384. The monoisotopic (exact) mass is 347 g/mol. The van der Waals surface area contributed by atoms with Crippen LogP contribution in [0, 0.1) is 10.1 Å². The zero-order valence-electron chi connectivity index (χ0n) is 14.8. The molecule has 2 aromatic rings. The Morgan fingerprint density at radius 3 is 2.76 bits per heavy atom. The molecule has 25 heavy (non-hydrogen) atoms. The Morgan fingerprint density at radius 1 is 1.40 bits per heavy atom. The number of furan rings is 1. The smallest absolute Gasteiger partial charge is 0.333 e. The van der Waals surface area contributed by atoms with E-state index in [1.165, 1.54) is 19.3 Å². The predicted molar refractivity (Wildman–Crippen MR) is 94.6 cm³/mol. The highest BCUT2D eigenvalue weighted by atomic mass is 16.6. The minimum Gasteiger partial charge on any atom is -0.468 e. The number of likely N-dealkylation sites (tertiary alicyclic amines) is 1. The molecule has 3 heterocycles. The summed E-state index contributed by atoms with van der Waals surface area (Å²) in [7, 11) is 1.73. The molecule has 2 aromatic heterocycles. The van der Waals surface area contributed by atoms with E-state index in [0.717, 1.165) is 18.8 Å². The van der Waals surface area contributed by atoms with Crippen molar-refractivity contribution in [3.63, 3.8) is 0 Å². The second-order valence-corrected chi connectivity index (χ2v) is 6.39. The van der Waals surface area contributed by atoms with E-state index in [-0.39, 0.29) is 16.7 Å². The van der Waals surface area contributed by atoms with Gasteiger partial charge in [0, 0.05) is 13.6 Å². The number of hydrogen-bond donors (Lipinski definition) is 1. The molecule has 0 aliphatic carbocycles. The average Bonchev–Trinajstić information content (AvgIpc) is 3.24. The molecular weight excluding hydrogens is 322 g/mol. The molecule has 8 heteroatoms. The minimum atomic E-state index is -0.350. The van der Waals surface area contributed by atoms with Gasteiger partial charge in [0.1, 0.15) is 11.5 Å². The largest absolute Gasteiger partial charge is 0.468 e. The molecule has 1 unspecified atom stereocenters. The van der Waals surface area contributed by atoms with Crippen molar-refractivity contribution in [2.45, 2.75) is 38.6 Å². The maximum Gasteiger partial charge on any atom is 0.333 e. The Kier molecular flexibility index (Phi) is 5.37. The van der Waals surface area contributed by atoms with Gasteiger partial charge in [-0.2, -0.15) is 5.10 Å². The molecule has 0 bridgehead atoms. The topological polar surface area (TPSA) is 89.4 Å². The van der Waals surface area contributed by atoms with Crippen molar-refractivity contribution < 1.29 is 9.34 Å². The zero-order valence-corrected chi connectivity index (χ0v) is 14.8. The Morgan fingerprint density at radius 2 is 2.16 bits per heavy atom. The summed E-state index contributed by atoms with van der Waals surface area (Å²) >= 11 is 0. The number of nitrogens with zero attached hydrogens (tertiary/aromatic N) is 4. The first-order valence-electron chi connectivity index (χ1n) is 8.83. The fourth-order valence-electron chi connectivity index (χ4n) is 3.51. The normalized spacial score (nSPS) is 16.7. The lowest BCUT2D eigenvalue weighted by Gasteiger charge is -2.33. The summed E-state index contributed by atoms with van der Waals surface area (Å²) in [6, 6.07) is 3.90. The van der Waals surface area contributed by atoms with Gasteiger partial charge in [0.2, 0.25) is 5.82 Å². The molecule has 1 atom stereocenters. The number of anilines is 1. The third-order valence-corrected chi connectivity index (χ3v) is 4.78. The van der Waals surface area contributed by atoms with Gasteiger partial charge in [-0.15, -0.1) is 0 Å². The molecule has 0 saturated carbocycles. The van der Waals surface area contributed by atoms with Crippen molar-refractivity contribution in [3.05, 3.63) is 40.0 Å². The molecule has 1 aliphatic rings. The van der Waals surface area contributed by atoms with Crippen LogP contribution in [0.4, 0.5) is 11.5 Å². The van der Waals surface area contributed by atoms with Crippen LogP contribution >= 0.6 is 0 Å². The van der Waals surface area contributed by atoms with Gasteiger partial charge in [0.05, 0.1) is 17.2 Å². The molecule has 1 aliphatic heterocycles. The van der Waals surface area contributed by atoms with E-state index in [1.807, 2.05) is 19.1 Å². The Hall–Kier alpha value is -2.35. The van der Waals surface area contributed by atoms with Gasteiger partial charge in [-0.05, 0) is 44.5 Å². The van der Waals surface area contributed by atoms with Crippen molar-refractivity contribution in [2.24, 2.45) is 7.05 Å². The van der Waals surface area contributed by atoms with Crippen molar-refractivity contribution in [1.82, 2.24) is 14.7 Å². The first-order chi connectivity index (χ1) is 12.1. The molecule has 8 nitrogen and oxygen atoms in total. The second-order valence-electron chi connectivity index (χ2n) is 6.39. The van der Waals surface area contributed by atoms with E-state index in [1.54, 1.807) is 18.0 Å². The van der Waals surface area contributed by atoms with Gasteiger partial charge < -0.3 is 9.73 Å². The summed E-state index contributed by atoms with van der Waals surface area (Å²) in [5, 5.41) is 19.0. The molecule has 0 spiro atoms. The maximum atomic E-state index is 11.5. The molecule has 0 radical (unpaired) electrons. The molecule has 0 amide bonds. The highest BCUT2D eigenvalue weighted by molar-refractivity contribution is 5.60. The van der Waals surface area contributed by atoms with Crippen LogP contribution in [0.25, 0.3) is 0 Å². The van der Waals surface area contributed by atoms with Crippen LogP contribution in [0.2, 0.25) is 0 Å². The van der Waals surface area contributed by atoms with Crippen molar-refractivity contribution in [2.75, 3.05) is 25.0 Å². The molecule has 1 saturated heterocycles. The lowest BCUT2D eigenvalue weighted by atomic mass is 10.1. The van der Waals surface area contributed by atoms with E-state index >= 15 is 0 Å². The number of nitrogens with one attached hydrogen (secondary N) is 1. The molecular formula is C17H25N5O3. The summed E-state index contributed by atoms with van der Waals surface area (Å²) in [5.41, 5.74) is 0.573. The first-order valence-corrected chi connectivity index (χ1v) is 8.83. The molecule has 136 valence electrons. The summed E-state index contributed by atoms with van der Waals surface area (Å²) in [6.07, 6.45) is 5.79. The fraction of sp³-hybridized carbons (Fsp3) is 0.588. The van der Waals surface area contributed by atoms with Crippen LogP contribution in [0.1, 0.15) is 43.7 Å². The first kappa shape index (κ1) is 17.5. The van der Waals surface area contributed by atoms with Crippen molar-refractivity contribution in [1.29, 1.82) is 0 Å². The van der Waals surface area contributed by atoms with Crippen LogP contribution < -0.4 is 5.32 Å². The Bertz CT molecular complexity index is 704. The third kappa shape index (κ3) is 3.68. The van der Waals surface area contributed by atoms with Crippen LogP contribution in [-0.2, 0) is 13.5 Å². The minimum absolute atomic E-state index is 0.0508. The zero-order chi connectivity index (χ0) is 17.8. The third-order valence-electron chi connectivity index (χ3n) is 4.78. The lowest BCUT2D eigenvalue weighted by Crippen LogP contribution is -2.37. The average molecular weight is 347 g/mol. The Balaban J connectivity index is 1.82. The molecule has 1 N–H and O–H groups in total. The highest BCUT2D eigenvalue weighted by Gasteiger charge is 2.29. The number of aryl methyl sites for hydroxylation is 2.